The lowest BCUT2D eigenvalue weighted by molar-refractivity contribution is -0.385. The van der Waals surface area contributed by atoms with E-state index in [-0.39, 0.29) is 23.5 Å². The van der Waals surface area contributed by atoms with Crippen molar-refractivity contribution >= 4 is 39.1 Å². The van der Waals surface area contributed by atoms with Crippen molar-refractivity contribution < 1.29 is 19.2 Å². The van der Waals surface area contributed by atoms with Crippen LogP contribution in [0.1, 0.15) is 10.4 Å². The average molecular weight is 408 g/mol. The predicted octanol–water partition coefficient (Wildman–Crippen LogP) is 2.73. The van der Waals surface area contributed by atoms with Gasteiger partial charge in [0.2, 0.25) is 5.91 Å². The number of amides is 2. The van der Waals surface area contributed by atoms with Gasteiger partial charge in [0.15, 0.2) is 5.75 Å². The molecule has 0 aliphatic rings. The summed E-state index contributed by atoms with van der Waals surface area (Å²) in [5.74, 6) is -0.982. The molecule has 8 nitrogen and oxygen atoms in total. The van der Waals surface area contributed by atoms with Crippen molar-refractivity contribution in [1.29, 1.82) is 0 Å². The Hall–Kier alpha value is -2.94. The van der Waals surface area contributed by atoms with Crippen molar-refractivity contribution in [2.45, 2.75) is 0 Å². The molecule has 2 aromatic carbocycles. The molecule has 25 heavy (non-hydrogen) atoms. The molecule has 2 amide bonds. The molecule has 0 saturated carbocycles. The van der Waals surface area contributed by atoms with Crippen LogP contribution in [0.4, 0.5) is 11.4 Å². The molecule has 0 aliphatic heterocycles. The lowest BCUT2D eigenvalue weighted by Gasteiger charge is -2.09. The molecule has 0 fully saturated rings. The van der Waals surface area contributed by atoms with Gasteiger partial charge in [0.05, 0.1) is 24.3 Å². The van der Waals surface area contributed by atoms with Gasteiger partial charge >= 0.3 is 5.69 Å². The van der Waals surface area contributed by atoms with Crippen LogP contribution in [0.2, 0.25) is 0 Å². The van der Waals surface area contributed by atoms with Gasteiger partial charge in [-0.05, 0) is 40.2 Å². The van der Waals surface area contributed by atoms with Crippen LogP contribution in [0.15, 0.2) is 46.9 Å². The van der Waals surface area contributed by atoms with Crippen LogP contribution in [-0.2, 0) is 4.79 Å². The first-order valence-electron chi connectivity index (χ1n) is 7.07. The number of benzene rings is 2. The normalized spacial score (nSPS) is 10.0. The first kappa shape index (κ1) is 18.4. The van der Waals surface area contributed by atoms with Crippen LogP contribution < -0.4 is 15.4 Å². The molecule has 0 saturated heterocycles. The molecular weight excluding hydrogens is 394 g/mol. The van der Waals surface area contributed by atoms with Crippen molar-refractivity contribution in [2.24, 2.45) is 0 Å². The molecule has 0 spiro atoms. The van der Waals surface area contributed by atoms with E-state index in [1.807, 2.05) is 0 Å². The largest absolute Gasteiger partial charge is 0.490 e. The number of nitrogens with zero attached hydrogens (tertiary/aromatic N) is 1. The summed E-state index contributed by atoms with van der Waals surface area (Å²) >= 11 is 3.30. The summed E-state index contributed by atoms with van der Waals surface area (Å²) in [6.45, 7) is -0.278. The Bertz CT molecular complexity index is 825. The summed E-state index contributed by atoms with van der Waals surface area (Å²) in [6.07, 6.45) is 0. The van der Waals surface area contributed by atoms with E-state index >= 15 is 0 Å². The highest BCUT2D eigenvalue weighted by atomic mass is 79.9. The van der Waals surface area contributed by atoms with E-state index in [0.717, 1.165) is 6.07 Å². The first-order chi connectivity index (χ1) is 11.9. The fourth-order valence-electron chi connectivity index (χ4n) is 1.99. The Morgan fingerprint density at radius 3 is 2.60 bits per heavy atom. The maximum Gasteiger partial charge on any atom is 0.311 e. The molecule has 2 aromatic rings. The standard InChI is InChI=1S/C16H14BrN3O5/c1-25-14-7-6-10(8-13(14)20(23)24)16(22)18-9-15(21)19-12-5-3-2-4-11(12)17/h2-8H,9H2,1H3,(H,18,22)(H,19,21). The molecule has 9 heteroatoms. The maximum absolute atomic E-state index is 12.1. The van der Waals surface area contributed by atoms with Gasteiger partial charge < -0.3 is 15.4 Å². The van der Waals surface area contributed by atoms with E-state index in [1.54, 1.807) is 24.3 Å². The number of anilines is 1. The first-order valence-corrected chi connectivity index (χ1v) is 7.86. The number of halogens is 1. The SMILES string of the molecule is COc1ccc(C(=O)NCC(=O)Nc2ccccc2Br)cc1[N+](=O)[O-]. The van der Waals surface area contributed by atoms with E-state index in [2.05, 4.69) is 26.6 Å². The Morgan fingerprint density at radius 1 is 1.24 bits per heavy atom. The number of carbonyl (C=O) groups excluding carboxylic acids is 2. The Morgan fingerprint density at radius 2 is 1.96 bits per heavy atom. The van der Waals surface area contributed by atoms with Crippen LogP contribution in [0, 0.1) is 10.1 Å². The number of carbonyl (C=O) groups is 2. The van der Waals surface area contributed by atoms with E-state index in [9.17, 15) is 19.7 Å². The molecule has 130 valence electrons. The topological polar surface area (TPSA) is 111 Å². The smallest absolute Gasteiger partial charge is 0.311 e. The lowest BCUT2D eigenvalue weighted by atomic mass is 10.1. The number of para-hydroxylation sites is 1. The third kappa shape index (κ3) is 4.77. The number of ether oxygens (including phenoxy) is 1. The number of hydrogen-bond donors (Lipinski definition) is 2. The molecule has 0 atom stereocenters. The van der Waals surface area contributed by atoms with Gasteiger partial charge in [-0.25, -0.2) is 0 Å². The summed E-state index contributed by atoms with van der Waals surface area (Å²) in [7, 11) is 1.30. The summed E-state index contributed by atoms with van der Waals surface area (Å²) in [6, 6.07) is 10.8. The molecule has 2 N–H and O–H groups in total. The minimum atomic E-state index is -0.644. The van der Waals surface area contributed by atoms with Gasteiger partial charge in [-0.15, -0.1) is 0 Å². The summed E-state index contributed by atoms with van der Waals surface area (Å²) in [4.78, 5) is 34.3. The lowest BCUT2D eigenvalue weighted by Crippen LogP contribution is -2.32. The minimum absolute atomic E-state index is 0.0493. The fourth-order valence-corrected chi connectivity index (χ4v) is 2.38. The van der Waals surface area contributed by atoms with Gasteiger partial charge in [-0.1, -0.05) is 12.1 Å². The zero-order chi connectivity index (χ0) is 18.4. The van der Waals surface area contributed by atoms with Crippen molar-refractivity contribution in [1.82, 2.24) is 5.32 Å². The Kier molecular flexibility index (Phi) is 6.07. The molecule has 0 aliphatic carbocycles. The zero-order valence-corrected chi connectivity index (χ0v) is 14.7. The molecular formula is C16H14BrN3O5. The van der Waals surface area contributed by atoms with E-state index < -0.39 is 16.7 Å². The number of nitro groups is 1. The number of hydrogen-bond acceptors (Lipinski definition) is 5. The van der Waals surface area contributed by atoms with Crippen molar-refractivity contribution in [3.63, 3.8) is 0 Å². The van der Waals surface area contributed by atoms with Crippen molar-refractivity contribution in [2.75, 3.05) is 19.0 Å². The second kappa shape index (κ2) is 8.25. The van der Waals surface area contributed by atoms with Gasteiger partial charge in [0.1, 0.15) is 0 Å². The maximum atomic E-state index is 12.1. The highest BCUT2D eigenvalue weighted by Gasteiger charge is 2.18. The molecule has 0 aromatic heterocycles. The van der Waals surface area contributed by atoms with Gasteiger partial charge in [-0.2, -0.15) is 0 Å². The second-order valence-corrected chi connectivity index (χ2v) is 5.71. The van der Waals surface area contributed by atoms with Gasteiger partial charge in [-0.3, -0.25) is 19.7 Å². The minimum Gasteiger partial charge on any atom is -0.490 e. The van der Waals surface area contributed by atoms with Crippen molar-refractivity contribution in [3.8, 4) is 5.75 Å². The third-order valence-electron chi connectivity index (χ3n) is 3.20. The average Bonchev–Trinajstić information content (AvgIpc) is 2.61. The van der Waals surface area contributed by atoms with Gasteiger partial charge in [0, 0.05) is 16.1 Å². The third-order valence-corrected chi connectivity index (χ3v) is 3.89. The van der Waals surface area contributed by atoms with Crippen LogP contribution in [0.5, 0.6) is 5.75 Å². The Labute approximate surface area is 151 Å². The number of nitrogens with one attached hydrogen (secondary N) is 2. The highest BCUT2D eigenvalue weighted by Crippen LogP contribution is 2.27. The molecule has 0 bridgehead atoms. The van der Waals surface area contributed by atoms with E-state index in [4.69, 9.17) is 4.74 Å². The summed E-state index contributed by atoms with van der Waals surface area (Å²) in [5.41, 5.74) is 0.302. The van der Waals surface area contributed by atoms with E-state index in [1.165, 1.54) is 19.2 Å². The number of nitro benzene ring substituents is 1. The van der Waals surface area contributed by atoms with E-state index in [0.29, 0.717) is 10.2 Å². The van der Waals surface area contributed by atoms with Gasteiger partial charge in [0.25, 0.3) is 5.91 Å². The number of methoxy groups -OCH3 is 1. The van der Waals surface area contributed by atoms with Crippen LogP contribution in [0.3, 0.4) is 0 Å². The molecule has 0 heterocycles. The molecule has 0 unspecified atom stereocenters. The van der Waals surface area contributed by atoms with Crippen LogP contribution >= 0.6 is 15.9 Å². The second-order valence-electron chi connectivity index (χ2n) is 4.85. The highest BCUT2D eigenvalue weighted by molar-refractivity contribution is 9.10. The van der Waals surface area contributed by atoms with Crippen molar-refractivity contribution in [3.05, 3.63) is 62.6 Å². The predicted molar refractivity (Wildman–Crippen MR) is 94.8 cm³/mol. The monoisotopic (exact) mass is 407 g/mol. The molecule has 2 rings (SSSR count). The van der Waals surface area contributed by atoms with Crippen LogP contribution in [0.25, 0.3) is 0 Å². The Balaban J connectivity index is 2.00. The quantitative estimate of drug-likeness (QED) is 0.564. The fraction of sp³-hybridized carbons (Fsp3) is 0.125. The summed E-state index contributed by atoms with van der Waals surface area (Å²) < 4.78 is 5.58. The van der Waals surface area contributed by atoms with Crippen LogP contribution in [-0.4, -0.2) is 30.4 Å². The molecule has 0 radical (unpaired) electrons. The summed E-state index contributed by atoms with van der Waals surface area (Å²) in [5, 5.41) is 16.0. The number of rotatable bonds is 6. The zero-order valence-electron chi connectivity index (χ0n) is 13.1.